The number of halogens is 7. The largest absolute Gasteiger partial charge is 0.435 e. The van der Waals surface area contributed by atoms with E-state index in [1.165, 1.54) is 0 Å². The lowest BCUT2D eigenvalue weighted by atomic mass is 9.84. The molecule has 0 aliphatic carbocycles. The van der Waals surface area contributed by atoms with Crippen LogP contribution in [0.4, 0.5) is 36.4 Å². The van der Waals surface area contributed by atoms with E-state index < -0.39 is 69.0 Å². The maximum atomic E-state index is 14.6. The molecule has 0 spiro atoms. The van der Waals surface area contributed by atoms with Gasteiger partial charge in [0.1, 0.15) is 0 Å². The molecule has 2 aromatic rings. The maximum Gasteiger partial charge on any atom is 0.435 e. The first-order chi connectivity index (χ1) is 14.6. The number of amides is 1. The summed E-state index contributed by atoms with van der Waals surface area (Å²) in [6, 6.07) is 3.72. The molecule has 2 N–H and O–H groups in total. The molecule has 0 saturated carbocycles. The Hall–Kier alpha value is -3.22. The third kappa shape index (κ3) is 4.11. The summed E-state index contributed by atoms with van der Waals surface area (Å²) in [5.74, 6) is -1.14. The molecule has 0 radical (unpaired) electrons. The zero-order valence-electron chi connectivity index (χ0n) is 16.4. The van der Waals surface area contributed by atoms with Gasteiger partial charge in [0, 0.05) is 18.7 Å². The maximum absolute atomic E-state index is 14.6. The molecule has 0 bridgehead atoms. The molecule has 2 rings (SSSR count). The molecule has 6 nitrogen and oxygen atoms in total. The van der Waals surface area contributed by atoms with Gasteiger partial charge >= 0.3 is 18.0 Å². The van der Waals surface area contributed by atoms with Crippen LogP contribution < -0.4 is 5.73 Å². The van der Waals surface area contributed by atoms with Crippen LogP contribution in [-0.2, 0) is 17.0 Å². The normalized spacial score (nSPS) is 12.7. The van der Waals surface area contributed by atoms with Gasteiger partial charge in [0.2, 0.25) is 5.91 Å². The average Bonchev–Trinajstić information content (AvgIpc) is 2.64. The summed E-state index contributed by atoms with van der Waals surface area (Å²) in [5.41, 5.74) is -4.91. The van der Waals surface area contributed by atoms with Gasteiger partial charge in [0.25, 0.3) is 5.69 Å². The first-order valence-corrected chi connectivity index (χ1v) is 8.60. The Bertz CT molecular complexity index is 1020. The van der Waals surface area contributed by atoms with Crippen LogP contribution in [0.25, 0.3) is 11.1 Å². The summed E-state index contributed by atoms with van der Waals surface area (Å²) >= 11 is 0. The lowest BCUT2D eigenvalue weighted by Crippen LogP contribution is -2.50. The molecule has 13 heteroatoms. The van der Waals surface area contributed by atoms with E-state index in [0.717, 1.165) is 32.2 Å². The third-order valence-electron chi connectivity index (χ3n) is 4.65. The lowest BCUT2D eigenvalue weighted by Gasteiger charge is -2.31. The second kappa shape index (κ2) is 8.37. The fourth-order valence-corrected chi connectivity index (χ4v) is 3.33. The van der Waals surface area contributed by atoms with Gasteiger partial charge in [0.05, 0.1) is 22.7 Å². The van der Waals surface area contributed by atoms with Crippen LogP contribution in [0, 0.1) is 17.0 Å². The number of hydrogen-bond acceptors (Lipinski definition) is 4. The number of methoxy groups -OCH3 is 1. The lowest BCUT2D eigenvalue weighted by molar-refractivity contribution is -0.384. The monoisotopic (exact) mass is 468 g/mol. The zero-order chi connectivity index (χ0) is 24.6. The molecule has 0 aliphatic rings. The summed E-state index contributed by atoms with van der Waals surface area (Å²) < 4.78 is 98.8. The van der Waals surface area contributed by atoms with E-state index in [4.69, 9.17) is 10.5 Å². The van der Waals surface area contributed by atoms with Gasteiger partial charge in [-0.1, -0.05) is 12.1 Å². The van der Waals surface area contributed by atoms with Crippen molar-refractivity contribution in [3.8, 4) is 11.1 Å². The van der Waals surface area contributed by atoms with Crippen LogP contribution in [0.2, 0.25) is 0 Å². The number of nitro groups is 1. The van der Waals surface area contributed by atoms with Crippen LogP contribution in [-0.4, -0.2) is 30.3 Å². The number of alkyl halides is 7. The quantitative estimate of drug-likeness (QED) is 0.362. The molecule has 0 aliphatic heterocycles. The fraction of sp³-hybridized carbons (Fsp3) is 0.316. The number of benzene rings is 2. The molecule has 0 atom stereocenters. The minimum Gasteiger partial charge on any atom is -0.380 e. The number of carbonyl (C=O) groups is 1. The van der Waals surface area contributed by atoms with Crippen LogP contribution in [0.3, 0.4) is 0 Å². The summed E-state index contributed by atoms with van der Waals surface area (Å²) in [6.07, 6.45) is -12.7. The van der Waals surface area contributed by atoms with Crippen molar-refractivity contribution in [1.29, 1.82) is 0 Å². The number of nitro benzene ring substituents is 1. The van der Waals surface area contributed by atoms with Crippen LogP contribution >= 0.6 is 0 Å². The molecule has 1 amide bonds. The topological polar surface area (TPSA) is 95.5 Å². The molecule has 0 fully saturated rings. The number of ether oxygens (including phenoxy) is 1. The van der Waals surface area contributed by atoms with E-state index in [2.05, 4.69) is 0 Å². The highest BCUT2D eigenvalue weighted by molar-refractivity contribution is 6.03. The van der Waals surface area contributed by atoms with E-state index >= 15 is 0 Å². The second-order valence-corrected chi connectivity index (χ2v) is 6.74. The number of carbonyl (C=O) groups excluding carboxylic acids is 1. The van der Waals surface area contributed by atoms with Crippen molar-refractivity contribution < 1.29 is 45.2 Å². The first-order valence-electron chi connectivity index (χ1n) is 8.60. The summed E-state index contributed by atoms with van der Waals surface area (Å²) in [5, 5.41) is 11.5. The van der Waals surface area contributed by atoms with Crippen molar-refractivity contribution in [3.05, 3.63) is 62.7 Å². The number of nitrogens with zero attached hydrogens (tertiary/aromatic N) is 1. The minimum absolute atomic E-state index is 0.258. The predicted molar refractivity (Wildman–Crippen MR) is 97.4 cm³/mol. The SMILES string of the molecule is COCc1cc(C(F)(C(F)(F)F)C(F)(F)F)cc(C)c1-c1c(C(N)=O)cccc1[N+](=O)[O-]. The second-order valence-electron chi connectivity index (χ2n) is 6.74. The molecule has 0 unspecified atom stereocenters. The van der Waals surface area contributed by atoms with Crippen LogP contribution in [0.5, 0.6) is 0 Å². The van der Waals surface area contributed by atoms with Crippen molar-refractivity contribution >= 4 is 11.6 Å². The summed E-state index contributed by atoms with van der Waals surface area (Å²) in [4.78, 5) is 22.4. The molecule has 2 aromatic carbocycles. The van der Waals surface area contributed by atoms with Crippen molar-refractivity contribution in [2.45, 2.75) is 31.6 Å². The molecule has 0 saturated heterocycles. The van der Waals surface area contributed by atoms with Gasteiger partial charge in [-0.2, -0.15) is 26.3 Å². The van der Waals surface area contributed by atoms with Crippen LogP contribution in [0.15, 0.2) is 30.3 Å². The summed E-state index contributed by atoms with van der Waals surface area (Å²) in [6.45, 7) is 0.368. The molecule has 0 heterocycles. The summed E-state index contributed by atoms with van der Waals surface area (Å²) in [7, 11) is 1.05. The Morgan fingerprint density at radius 3 is 2.06 bits per heavy atom. The molecule has 32 heavy (non-hydrogen) atoms. The smallest absolute Gasteiger partial charge is 0.380 e. The Labute approximate surface area is 175 Å². The highest BCUT2D eigenvalue weighted by Gasteiger charge is 2.73. The van der Waals surface area contributed by atoms with Crippen molar-refractivity contribution in [3.63, 3.8) is 0 Å². The average molecular weight is 468 g/mol. The third-order valence-corrected chi connectivity index (χ3v) is 4.65. The Balaban J connectivity index is 3.01. The van der Waals surface area contributed by atoms with E-state index in [0.29, 0.717) is 0 Å². The highest BCUT2D eigenvalue weighted by Crippen LogP contribution is 2.54. The van der Waals surface area contributed by atoms with Gasteiger partial charge in [-0.05, 0) is 35.7 Å². The zero-order valence-corrected chi connectivity index (χ0v) is 16.4. The highest BCUT2D eigenvalue weighted by atomic mass is 19.4. The van der Waals surface area contributed by atoms with Crippen LogP contribution in [0.1, 0.15) is 27.0 Å². The number of rotatable bonds is 6. The Morgan fingerprint density at radius 2 is 1.62 bits per heavy atom. The van der Waals surface area contributed by atoms with E-state index in [1.54, 1.807) is 0 Å². The van der Waals surface area contributed by atoms with Crippen molar-refractivity contribution in [2.75, 3.05) is 7.11 Å². The van der Waals surface area contributed by atoms with E-state index in [-0.39, 0.29) is 17.7 Å². The van der Waals surface area contributed by atoms with Gasteiger partial charge in [0.15, 0.2) is 0 Å². The number of aryl methyl sites for hydroxylation is 1. The fourth-order valence-electron chi connectivity index (χ4n) is 3.33. The van der Waals surface area contributed by atoms with Crippen molar-refractivity contribution in [2.24, 2.45) is 5.73 Å². The molecule has 174 valence electrons. The Kier molecular flexibility index (Phi) is 6.55. The number of nitrogens with two attached hydrogens (primary N) is 1. The van der Waals surface area contributed by atoms with Crippen molar-refractivity contribution in [1.82, 2.24) is 0 Å². The standard InChI is InChI=1S/C19H15F7N2O4/c1-9-6-11(17(20,18(21,22)23)19(24,25)26)7-10(8-32-2)14(9)15-12(16(27)29)4-3-5-13(15)28(30)31/h3-7H,8H2,1-2H3,(H2,27,29). The first kappa shape index (κ1) is 25.0. The van der Waals surface area contributed by atoms with E-state index in [9.17, 15) is 45.6 Å². The predicted octanol–water partition coefficient (Wildman–Crippen LogP) is 5.10. The van der Waals surface area contributed by atoms with E-state index in [1.807, 2.05) is 0 Å². The van der Waals surface area contributed by atoms with Gasteiger partial charge in [-0.25, -0.2) is 4.39 Å². The molecular weight excluding hydrogens is 453 g/mol. The van der Waals surface area contributed by atoms with Gasteiger partial charge in [-0.3, -0.25) is 14.9 Å². The number of hydrogen-bond donors (Lipinski definition) is 1. The van der Waals surface area contributed by atoms with Gasteiger partial charge < -0.3 is 10.5 Å². The number of primary amides is 1. The Morgan fingerprint density at radius 1 is 1.06 bits per heavy atom. The van der Waals surface area contributed by atoms with Gasteiger partial charge in [-0.15, -0.1) is 0 Å². The molecule has 0 aromatic heterocycles. The molecular formula is C19H15F7N2O4. The minimum atomic E-state index is -6.36.